The molecule has 148 valence electrons. The molecule has 3 aliphatic rings. The van der Waals surface area contributed by atoms with E-state index in [-0.39, 0.29) is 39.7 Å². The molecular formula is C21H28O6. The number of aliphatic hydroxyl groups is 1. The highest BCUT2D eigenvalue weighted by molar-refractivity contribution is 5.89. The molecule has 1 saturated heterocycles. The highest BCUT2D eigenvalue weighted by Crippen LogP contribution is 2.73. The second-order valence-electron chi connectivity index (χ2n) is 9.44. The molecule has 0 amide bonds. The van der Waals surface area contributed by atoms with Gasteiger partial charge in [-0.1, -0.05) is 34.1 Å². The lowest BCUT2D eigenvalue weighted by Crippen LogP contribution is -2.56. The van der Waals surface area contributed by atoms with Crippen molar-refractivity contribution < 1.29 is 23.8 Å². The highest BCUT2D eigenvalue weighted by Gasteiger charge is 2.74. The molecule has 1 aliphatic heterocycles. The van der Waals surface area contributed by atoms with Crippen molar-refractivity contribution in [3.05, 3.63) is 34.4 Å². The lowest BCUT2D eigenvalue weighted by atomic mass is 9.46. The molecule has 2 saturated carbocycles. The third kappa shape index (κ3) is 2.39. The van der Waals surface area contributed by atoms with Crippen LogP contribution in [0.3, 0.4) is 0 Å². The van der Waals surface area contributed by atoms with E-state index in [0.717, 1.165) is 25.5 Å². The molecule has 0 radical (unpaired) electrons. The average molecular weight is 376 g/mol. The molecule has 4 rings (SSSR count). The SMILES string of the molecule is CC1(C)CCC[C@]2(C)[C@H](OC(=O)c3ccc(=O)oc3)[C@H]3CO[C@H](O)[C@H]3[C@]12C. The number of aliphatic hydroxyl groups excluding tert-OH is 1. The minimum Gasteiger partial charge on any atom is -0.458 e. The number of ether oxygens (including phenoxy) is 2. The molecule has 2 aliphatic carbocycles. The molecule has 1 aromatic rings. The van der Waals surface area contributed by atoms with Gasteiger partial charge >= 0.3 is 11.6 Å². The summed E-state index contributed by atoms with van der Waals surface area (Å²) in [5, 5.41) is 10.6. The maximum Gasteiger partial charge on any atom is 0.341 e. The van der Waals surface area contributed by atoms with Crippen LogP contribution in [0.25, 0.3) is 0 Å². The van der Waals surface area contributed by atoms with Crippen LogP contribution in [0.1, 0.15) is 57.3 Å². The maximum absolute atomic E-state index is 12.8. The van der Waals surface area contributed by atoms with Gasteiger partial charge in [0.15, 0.2) is 6.29 Å². The molecule has 6 nitrogen and oxygen atoms in total. The highest BCUT2D eigenvalue weighted by atomic mass is 16.6. The fourth-order valence-corrected chi connectivity index (χ4v) is 6.42. The van der Waals surface area contributed by atoms with Gasteiger partial charge < -0.3 is 19.0 Å². The Kier molecular flexibility index (Phi) is 4.10. The van der Waals surface area contributed by atoms with Crippen LogP contribution in [0.5, 0.6) is 0 Å². The van der Waals surface area contributed by atoms with E-state index in [1.807, 2.05) is 0 Å². The second kappa shape index (κ2) is 5.92. The van der Waals surface area contributed by atoms with Crippen molar-refractivity contribution in [2.24, 2.45) is 28.1 Å². The van der Waals surface area contributed by atoms with Gasteiger partial charge in [-0.05, 0) is 29.7 Å². The fraction of sp³-hybridized carbons (Fsp3) is 0.714. The Morgan fingerprint density at radius 1 is 1.22 bits per heavy atom. The van der Waals surface area contributed by atoms with Crippen LogP contribution in [-0.2, 0) is 9.47 Å². The van der Waals surface area contributed by atoms with Gasteiger partial charge in [-0.2, -0.15) is 0 Å². The van der Waals surface area contributed by atoms with Crippen molar-refractivity contribution >= 4 is 5.97 Å². The van der Waals surface area contributed by atoms with E-state index >= 15 is 0 Å². The monoisotopic (exact) mass is 376 g/mol. The number of fused-ring (bicyclic) bond motifs is 3. The molecule has 6 atom stereocenters. The van der Waals surface area contributed by atoms with Gasteiger partial charge in [-0.15, -0.1) is 0 Å². The first-order valence-electron chi connectivity index (χ1n) is 9.71. The Morgan fingerprint density at radius 2 is 1.96 bits per heavy atom. The standard InChI is InChI=1S/C21H28O6/c1-19(2)8-5-9-20(3)16(13-11-26-18(24)15(13)21(19,20)4)27-17(23)12-6-7-14(22)25-10-12/h6-7,10,13,15-16,18,24H,5,8-9,11H2,1-4H3/t13-,15-,16+,18-,20+,21+/m0/s1. The van der Waals surface area contributed by atoms with Crippen molar-refractivity contribution in [1.82, 2.24) is 0 Å². The largest absolute Gasteiger partial charge is 0.458 e. The molecule has 0 bridgehead atoms. The molecule has 6 heteroatoms. The van der Waals surface area contributed by atoms with E-state index in [2.05, 4.69) is 27.7 Å². The quantitative estimate of drug-likeness (QED) is 0.799. The number of carbonyl (C=O) groups is 1. The molecule has 1 aromatic heterocycles. The lowest BCUT2D eigenvalue weighted by Gasteiger charge is -2.59. The summed E-state index contributed by atoms with van der Waals surface area (Å²) < 4.78 is 16.5. The van der Waals surface area contributed by atoms with E-state index in [4.69, 9.17) is 13.9 Å². The topological polar surface area (TPSA) is 86.0 Å². The maximum atomic E-state index is 12.8. The predicted octanol–water partition coefficient (Wildman–Crippen LogP) is 2.98. The van der Waals surface area contributed by atoms with Gasteiger partial charge in [-0.25, -0.2) is 9.59 Å². The summed E-state index contributed by atoms with van der Waals surface area (Å²) in [7, 11) is 0. The number of hydrogen-bond donors (Lipinski definition) is 1. The molecule has 0 spiro atoms. The Balaban J connectivity index is 1.73. The van der Waals surface area contributed by atoms with Gasteiger partial charge in [0.05, 0.1) is 12.2 Å². The van der Waals surface area contributed by atoms with Crippen LogP contribution in [0.15, 0.2) is 27.6 Å². The summed E-state index contributed by atoms with van der Waals surface area (Å²) in [4.78, 5) is 23.9. The first-order valence-corrected chi connectivity index (χ1v) is 9.71. The number of carbonyl (C=O) groups excluding carboxylic acids is 1. The molecule has 0 aromatic carbocycles. The van der Waals surface area contributed by atoms with E-state index in [0.29, 0.717) is 6.61 Å². The van der Waals surface area contributed by atoms with Crippen LogP contribution >= 0.6 is 0 Å². The molecule has 3 fully saturated rings. The van der Waals surface area contributed by atoms with Gasteiger partial charge in [-0.3, -0.25) is 0 Å². The molecule has 27 heavy (non-hydrogen) atoms. The number of hydrogen-bond acceptors (Lipinski definition) is 6. The van der Waals surface area contributed by atoms with Crippen LogP contribution in [-0.4, -0.2) is 30.1 Å². The molecule has 1 N–H and O–H groups in total. The van der Waals surface area contributed by atoms with E-state index in [9.17, 15) is 14.7 Å². The zero-order valence-electron chi connectivity index (χ0n) is 16.4. The third-order valence-electron chi connectivity index (χ3n) is 8.17. The second-order valence-corrected chi connectivity index (χ2v) is 9.44. The normalized spacial score (nSPS) is 42.4. The zero-order valence-corrected chi connectivity index (χ0v) is 16.4. The van der Waals surface area contributed by atoms with Crippen LogP contribution in [0, 0.1) is 28.1 Å². The molecule has 0 unspecified atom stereocenters. The van der Waals surface area contributed by atoms with Crippen molar-refractivity contribution in [1.29, 1.82) is 0 Å². The lowest BCUT2D eigenvalue weighted by molar-refractivity contribution is -0.186. The number of esters is 1. The van der Waals surface area contributed by atoms with Crippen molar-refractivity contribution in [3.8, 4) is 0 Å². The van der Waals surface area contributed by atoms with Crippen molar-refractivity contribution in [2.75, 3.05) is 6.61 Å². The number of rotatable bonds is 2. The Morgan fingerprint density at radius 3 is 2.63 bits per heavy atom. The summed E-state index contributed by atoms with van der Waals surface area (Å²) >= 11 is 0. The minimum atomic E-state index is -0.838. The first-order chi connectivity index (χ1) is 12.6. The Bertz CT molecular complexity index is 793. The van der Waals surface area contributed by atoms with Crippen molar-refractivity contribution in [3.63, 3.8) is 0 Å². The molecular weight excluding hydrogens is 348 g/mol. The van der Waals surface area contributed by atoms with Gasteiger partial charge in [0, 0.05) is 23.3 Å². The first kappa shape index (κ1) is 18.7. The third-order valence-corrected chi connectivity index (χ3v) is 8.17. The Labute approximate surface area is 158 Å². The van der Waals surface area contributed by atoms with E-state index < -0.39 is 17.9 Å². The summed E-state index contributed by atoms with van der Waals surface area (Å²) in [6.45, 7) is 9.32. The van der Waals surface area contributed by atoms with Crippen molar-refractivity contribution in [2.45, 2.75) is 59.4 Å². The van der Waals surface area contributed by atoms with E-state index in [1.54, 1.807) is 0 Å². The van der Waals surface area contributed by atoms with Crippen LogP contribution < -0.4 is 5.63 Å². The van der Waals surface area contributed by atoms with Gasteiger partial charge in [0.2, 0.25) is 0 Å². The smallest absolute Gasteiger partial charge is 0.341 e. The minimum absolute atomic E-state index is 0.0156. The summed E-state index contributed by atoms with van der Waals surface area (Å²) in [5.41, 5.74) is -0.794. The predicted molar refractivity (Wildman–Crippen MR) is 97.0 cm³/mol. The summed E-state index contributed by atoms with van der Waals surface area (Å²) in [6.07, 6.45) is 3.01. The van der Waals surface area contributed by atoms with Gasteiger partial charge in [0.1, 0.15) is 12.4 Å². The fourth-order valence-electron chi connectivity index (χ4n) is 6.42. The zero-order chi connectivity index (χ0) is 19.6. The summed E-state index contributed by atoms with van der Waals surface area (Å²) in [6, 6.07) is 2.64. The summed E-state index contributed by atoms with van der Waals surface area (Å²) in [5.74, 6) is -0.630. The Hall–Kier alpha value is -1.66. The van der Waals surface area contributed by atoms with Crippen LogP contribution in [0.4, 0.5) is 0 Å². The van der Waals surface area contributed by atoms with Gasteiger partial charge in [0.25, 0.3) is 0 Å². The average Bonchev–Trinajstić information content (AvgIpc) is 3.07. The molecule has 2 heterocycles. The van der Waals surface area contributed by atoms with Crippen LogP contribution in [0.2, 0.25) is 0 Å². The van der Waals surface area contributed by atoms with E-state index in [1.165, 1.54) is 12.1 Å².